The fourth-order valence-corrected chi connectivity index (χ4v) is 6.65. The van der Waals surface area contributed by atoms with Gasteiger partial charge in [0.1, 0.15) is 0 Å². The van der Waals surface area contributed by atoms with Crippen LogP contribution >= 0.6 is 0 Å². The molecule has 3 fully saturated rings. The second-order valence-corrected chi connectivity index (χ2v) is 9.09. The molecule has 0 aliphatic heterocycles. The molecule has 0 saturated heterocycles. The number of rotatable bonds is 0. The van der Waals surface area contributed by atoms with Crippen molar-refractivity contribution in [1.29, 1.82) is 0 Å². The Labute approximate surface area is 133 Å². The highest BCUT2D eigenvalue weighted by atomic mass is 16.5. The molecular formula is C19H30O3. The third-order valence-corrected chi connectivity index (χ3v) is 7.93. The molecule has 0 aromatic heterocycles. The number of aliphatic hydroxyl groups excluding tert-OH is 1. The van der Waals surface area contributed by atoms with Crippen molar-refractivity contribution in [3.8, 4) is 0 Å². The molecule has 3 N–H and O–H groups in total. The molecule has 6 atom stereocenters. The summed E-state index contributed by atoms with van der Waals surface area (Å²) in [5.74, 6) is -0.931. The number of hydrogen-bond donors (Lipinski definition) is 3. The molecule has 3 saturated carbocycles. The number of fused-ring (bicyclic) bond motifs is 5. The van der Waals surface area contributed by atoms with Crippen LogP contribution in [0.4, 0.5) is 0 Å². The van der Waals surface area contributed by atoms with Crippen LogP contribution in [0.3, 0.4) is 0 Å². The summed E-state index contributed by atoms with van der Waals surface area (Å²) in [5.41, 5.74) is 1.45. The Bertz CT molecular complexity index is 511. The molecule has 0 heterocycles. The van der Waals surface area contributed by atoms with Crippen LogP contribution in [0.1, 0.15) is 65.2 Å². The monoisotopic (exact) mass is 306 g/mol. The van der Waals surface area contributed by atoms with E-state index in [4.69, 9.17) is 0 Å². The first-order valence-corrected chi connectivity index (χ1v) is 9.11. The minimum atomic E-state index is -1.69. The Morgan fingerprint density at radius 2 is 1.77 bits per heavy atom. The number of hydrogen-bond acceptors (Lipinski definition) is 3. The lowest BCUT2D eigenvalue weighted by molar-refractivity contribution is -0.232. The quantitative estimate of drug-likeness (QED) is 0.476. The van der Waals surface area contributed by atoms with Crippen LogP contribution in [-0.2, 0) is 0 Å². The minimum absolute atomic E-state index is 0.0299. The first-order chi connectivity index (χ1) is 10.3. The topological polar surface area (TPSA) is 60.7 Å². The molecule has 0 radical (unpaired) electrons. The van der Waals surface area contributed by atoms with E-state index in [1.165, 1.54) is 19.3 Å². The molecule has 4 aliphatic rings. The van der Waals surface area contributed by atoms with Crippen molar-refractivity contribution in [2.24, 2.45) is 28.6 Å². The molecule has 1 unspecified atom stereocenters. The maximum Gasteiger partial charge on any atom is 0.186 e. The maximum atomic E-state index is 10.9. The lowest BCUT2D eigenvalue weighted by Crippen LogP contribution is -2.59. The summed E-state index contributed by atoms with van der Waals surface area (Å²) in [6.45, 7) is 4.68. The second-order valence-electron chi connectivity index (χ2n) is 9.09. The van der Waals surface area contributed by atoms with Gasteiger partial charge in [-0.15, -0.1) is 0 Å². The Morgan fingerprint density at radius 1 is 1.00 bits per heavy atom. The van der Waals surface area contributed by atoms with Crippen LogP contribution in [0, 0.1) is 28.6 Å². The lowest BCUT2D eigenvalue weighted by Gasteiger charge is -2.60. The van der Waals surface area contributed by atoms with Gasteiger partial charge in [0.25, 0.3) is 0 Å². The summed E-state index contributed by atoms with van der Waals surface area (Å²) in [4.78, 5) is 0. The van der Waals surface area contributed by atoms with Gasteiger partial charge in [0.2, 0.25) is 0 Å². The maximum absolute atomic E-state index is 10.9. The van der Waals surface area contributed by atoms with Gasteiger partial charge in [-0.1, -0.05) is 25.8 Å². The Kier molecular flexibility index (Phi) is 3.16. The highest BCUT2D eigenvalue weighted by molar-refractivity contribution is 5.29. The van der Waals surface area contributed by atoms with Gasteiger partial charge in [-0.25, -0.2) is 0 Å². The molecule has 4 aliphatic carbocycles. The largest absolute Gasteiger partial charge is 0.393 e. The highest BCUT2D eigenvalue weighted by Crippen LogP contribution is 2.66. The van der Waals surface area contributed by atoms with Crippen molar-refractivity contribution in [1.82, 2.24) is 0 Å². The molecule has 4 rings (SSSR count). The second kappa shape index (κ2) is 4.58. The zero-order chi connectivity index (χ0) is 15.8. The van der Waals surface area contributed by atoms with Crippen molar-refractivity contribution >= 4 is 0 Å². The molecule has 0 spiro atoms. The molecule has 0 aromatic rings. The molecule has 22 heavy (non-hydrogen) atoms. The van der Waals surface area contributed by atoms with E-state index in [0.29, 0.717) is 23.7 Å². The van der Waals surface area contributed by atoms with E-state index < -0.39 is 5.79 Å². The fraction of sp³-hybridized carbons (Fsp3) is 0.895. The predicted octanol–water partition coefficient (Wildman–Crippen LogP) is 2.99. The van der Waals surface area contributed by atoms with Crippen molar-refractivity contribution in [3.63, 3.8) is 0 Å². The van der Waals surface area contributed by atoms with Gasteiger partial charge in [0.15, 0.2) is 5.79 Å². The Balaban J connectivity index is 1.79. The third-order valence-electron chi connectivity index (χ3n) is 7.93. The van der Waals surface area contributed by atoms with Crippen LogP contribution in [0.5, 0.6) is 0 Å². The van der Waals surface area contributed by atoms with E-state index in [9.17, 15) is 15.3 Å². The van der Waals surface area contributed by atoms with Crippen LogP contribution < -0.4 is 0 Å². The van der Waals surface area contributed by atoms with E-state index in [2.05, 4.69) is 13.8 Å². The molecule has 0 amide bonds. The summed E-state index contributed by atoms with van der Waals surface area (Å²) in [5, 5.41) is 31.8. The normalized spacial score (nSPS) is 53.2. The van der Waals surface area contributed by atoms with Crippen LogP contribution in [0.2, 0.25) is 0 Å². The summed E-state index contributed by atoms with van der Waals surface area (Å²) >= 11 is 0. The van der Waals surface area contributed by atoms with Crippen molar-refractivity contribution in [3.05, 3.63) is 11.6 Å². The zero-order valence-corrected chi connectivity index (χ0v) is 13.9. The van der Waals surface area contributed by atoms with Gasteiger partial charge >= 0.3 is 0 Å². The fourth-order valence-electron chi connectivity index (χ4n) is 6.65. The van der Waals surface area contributed by atoms with Crippen LogP contribution in [0.25, 0.3) is 0 Å². The van der Waals surface area contributed by atoms with Gasteiger partial charge < -0.3 is 15.3 Å². The van der Waals surface area contributed by atoms with Crippen LogP contribution in [0.15, 0.2) is 11.6 Å². The van der Waals surface area contributed by atoms with Gasteiger partial charge in [-0.05, 0) is 73.7 Å². The molecule has 124 valence electrons. The average Bonchev–Trinajstić information content (AvgIpc) is 2.82. The van der Waals surface area contributed by atoms with Crippen molar-refractivity contribution < 1.29 is 15.3 Å². The van der Waals surface area contributed by atoms with Crippen LogP contribution in [-0.4, -0.2) is 27.2 Å². The standard InChI is InChI=1S/C19H30O3/c1-17-7-3-4-14(17)16-15(6-8-17)18(2)9-5-13(20)10-12(18)11-19(16,21)22/h11,13-16,20-22H,3-10H2,1-2H3/t13?,14-,15+,16-,17-,18-/m0/s1. The SMILES string of the molecule is C[C@@]12CCC[C@H]1[C@H]1[C@@H](CC2)[C@@]2(C)CCC(O)CC2=CC1(O)O. The summed E-state index contributed by atoms with van der Waals surface area (Å²) in [6.07, 6.45) is 9.80. The van der Waals surface area contributed by atoms with Gasteiger partial charge in [0, 0.05) is 5.92 Å². The van der Waals surface area contributed by atoms with E-state index >= 15 is 0 Å². The lowest BCUT2D eigenvalue weighted by atomic mass is 9.47. The van der Waals surface area contributed by atoms with Crippen molar-refractivity contribution in [2.75, 3.05) is 0 Å². The predicted molar refractivity (Wildman–Crippen MR) is 84.9 cm³/mol. The molecule has 3 heteroatoms. The third kappa shape index (κ3) is 1.91. The van der Waals surface area contributed by atoms with Gasteiger partial charge in [-0.3, -0.25) is 0 Å². The Morgan fingerprint density at radius 3 is 2.55 bits per heavy atom. The van der Waals surface area contributed by atoms with E-state index in [0.717, 1.165) is 31.3 Å². The summed E-state index contributed by atoms with van der Waals surface area (Å²) in [6, 6.07) is 0. The summed E-state index contributed by atoms with van der Waals surface area (Å²) < 4.78 is 0. The molecule has 0 aromatic carbocycles. The summed E-state index contributed by atoms with van der Waals surface area (Å²) in [7, 11) is 0. The first-order valence-electron chi connectivity index (χ1n) is 9.11. The van der Waals surface area contributed by atoms with Crippen molar-refractivity contribution in [2.45, 2.75) is 77.1 Å². The molecule has 3 nitrogen and oxygen atoms in total. The van der Waals surface area contributed by atoms with Gasteiger partial charge in [-0.2, -0.15) is 0 Å². The molecular weight excluding hydrogens is 276 g/mol. The molecule has 0 bridgehead atoms. The Hall–Kier alpha value is -0.380. The van der Waals surface area contributed by atoms with E-state index in [1.807, 2.05) is 0 Å². The number of aliphatic hydroxyl groups is 3. The highest BCUT2D eigenvalue weighted by Gasteiger charge is 2.62. The average molecular weight is 306 g/mol. The zero-order valence-electron chi connectivity index (χ0n) is 13.9. The minimum Gasteiger partial charge on any atom is -0.393 e. The smallest absolute Gasteiger partial charge is 0.186 e. The van der Waals surface area contributed by atoms with E-state index in [1.54, 1.807) is 6.08 Å². The first kappa shape index (κ1) is 15.2. The van der Waals surface area contributed by atoms with Gasteiger partial charge in [0.05, 0.1) is 6.10 Å². The van der Waals surface area contributed by atoms with E-state index in [-0.39, 0.29) is 17.4 Å².